The first-order valence-corrected chi connectivity index (χ1v) is 6.28. The van der Waals surface area contributed by atoms with E-state index >= 15 is 0 Å². The standard InChI is InChI=1S/C14H14N2O3/c17-13(18)9-6-7-11-12(8-9)19-14(16-11)15-10-4-2-1-3-5-10/h1-2,6-8,10H,3-5H2,(H,15,16)(H,17,18). The fourth-order valence-corrected chi connectivity index (χ4v) is 2.22. The van der Waals surface area contributed by atoms with Crippen molar-refractivity contribution in [2.24, 2.45) is 0 Å². The first-order valence-electron chi connectivity index (χ1n) is 6.28. The molecule has 5 nitrogen and oxygen atoms in total. The van der Waals surface area contributed by atoms with Crippen molar-refractivity contribution in [3.63, 3.8) is 0 Å². The number of rotatable bonds is 3. The Kier molecular flexibility index (Phi) is 2.95. The maximum atomic E-state index is 10.9. The average Bonchev–Trinajstić information content (AvgIpc) is 2.80. The monoisotopic (exact) mass is 258 g/mol. The number of benzene rings is 1. The molecule has 3 rings (SSSR count). The minimum absolute atomic E-state index is 0.204. The van der Waals surface area contributed by atoms with Crippen LogP contribution in [0.25, 0.3) is 11.1 Å². The van der Waals surface area contributed by atoms with Crippen LogP contribution >= 0.6 is 0 Å². The van der Waals surface area contributed by atoms with Gasteiger partial charge in [-0.3, -0.25) is 0 Å². The van der Waals surface area contributed by atoms with Gasteiger partial charge >= 0.3 is 5.97 Å². The van der Waals surface area contributed by atoms with Crippen LogP contribution in [-0.2, 0) is 0 Å². The molecule has 1 aromatic heterocycles. The molecule has 1 aliphatic carbocycles. The van der Waals surface area contributed by atoms with Gasteiger partial charge in [-0.1, -0.05) is 12.2 Å². The van der Waals surface area contributed by atoms with Gasteiger partial charge in [-0.05, 0) is 37.5 Å². The molecule has 0 aliphatic heterocycles. The van der Waals surface area contributed by atoms with Crippen LogP contribution in [0.3, 0.4) is 0 Å². The fraction of sp³-hybridized carbons (Fsp3) is 0.286. The topological polar surface area (TPSA) is 75.4 Å². The fourth-order valence-electron chi connectivity index (χ4n) is 2.22. The van der Waals surface area contributed by atoms with Crippen molar-refractivity contribution < 1.29 is 14.3 Å². The van der Waals surface area contributed by atoms with Crippen molar-refractivity contribution in [1.82, 2.24) is 4.98 Å². The van der Waals surface area contributed by atoms with E-state index in [0.717, 1.165) is 19.3 Å². The van der Waals surface area contributed by atoms with Gasteiger partial charge in [0.1, 0.15) is 5.52 Å². The average molecular weight is 258 g/mol. The van der Waals surface area contributed by atoms with E-state index in [1.807, 2.05) is 0 Å². The Hall–Kier alpha value is -2.30. The summed E-state index contributed by atoms with van der Waals surface area (Å²) in [5, 5.41) is 12.2. The summed E-state index contributed by atoms with van der Waals surface area (Å²) in [6.07, 6.45) is 7.38. The van der Waals surface area contributed by atoms with Crippen LogP contribution in [0.2, 0.25) is 0 Å². The Morgan fingerprint density at radius 2 is 2.32 bits per heavy atom. The number of anilines is 1. The molecule has 1 atom stereocenters. The molecule has 0 amide bonds. The first-order chi connectivity index (χ1) is 9.22. The summed E-state index contributed by atoms with van der Waals surface area (Å²) >= 11 is 0. The van der Waals surface area contributed by atoms with E-state index < -0.39 is 5.97 Å². The maximum Gasteiger partial charge on any atom is 0.335 e. The summed E-state index contributed by atoms with van der Waals surface area (Å²) in [6.45, 7) is 0. The quantitative estimate of drug-likeness (QED) is 0.827. The lowest BCUT2D eigenvalue weighted by molar-refractivity contribution is 0.0697. The predicted octanol–water partition coefficient (Wildman–Crippen LogP) is 3.05. The number of aromatic nitrogens is 1. The normalized spacial score (nSPS) is 18.6. The molecule has 0 bridgehead atoms. The Morgan fingerprint density at radius 1 is 1.42 bits per heavy atom. The highest BCUT2D eigenvalue weighted by Crippen LogP contribution is 2.23. The van der Waals surface area contributed by atoms with Crippen molar-refractivity contribution in [2.75, 3.05) is 5.32 Å². The summed E-state index contributed by atoms with van der Waals surface area (Å²) in [5.41, 5.74) is 1.36. The minimum Gasteiger partial charge on any atom is -0.478 e. The largest absolute Gasteiger partial charge is 0.478 e. The summed E-state index contributed by atoms with van der Waals surface area (Å²) in [5.74, 6) is -0.967. The number of oxazole rings is 1. The molecule has 1 heterocycles. The minimum atomic E-state index is -0.967. The number of allylic oxidation sites excluding steroid dienone is 1. The zero-order valence-electron chi connectivity index (χ0n) is 10.3. The number of nitrogens with one attached hydrogen (secondary N) is 1. The van der Waals surface area contributed by atoms with E-state index in [1.165, 1.54) is 12.1 Å². The van der Waals surface area contributed by atoms with Gasteiger partial charge < -0.3 is 14.8 Å². The molecule has 1 aromatic carbocycles. The van der Waals surface area contributed by atoms with E-state index in [2.05, 4.69) is 22.5 Å². The molecule has 2 aromatic rings. The van der Waals surface area contributed by atoms with Crippen LogP contribution in [-0.4, -0.2) is 22.1 Å². The Labute approximate surface area is 109 Å². The molecular formula is C14H14N2O3. The van der Waals surface area contributed by atoms with Crippen molar-refractivity contribution >= 4 is 23.1 Å². The molecule has 2 N–H and O–H groups in total. The van der Waals surface area contributed by atoms with Gasteiger partial charge in [-0.25, -0.2) is 4.79 Å². The molecule has 1 aliphatic rings. The van der Waals surface area contributed by atoms with Crippen LogP contribution in [0.4, 0.5) is 6.01 Å². The third kappa shape index (κ3) is 2.45. The lowest BCUT2D eigenvalue weighted by Gasteiger charge is -2.17. The van der Waals surface area contributed by atoms with Gasteiger partial charge in [-0.2, -0.15) is 4.98 Å². The molecule has 0 radical (unpaired) electrons. The number of nitrogens with zero attached hydrogens (tertiary/aromatic N) is 1. The van der Waals surface area contributed by atoms with Gasteiger partial charge in [0.25, 0.3) is 6.01 Å². The Bertz CT molecular complexity index is 645. The van der Waals surface area contributed by atoms with Crippen LogP contribution in [0, 0.1) is 0 Å². The zero-order valence-corrected chi connectivity index (χ0v) is 10.3. The van der Waals surface area contributed by atoms with Gasteiger partial charge in [0.15, 0.2) is 5.58 Å². The first kappa shape index (κ1) is 11.8. The number of carboxylic acid groups (broad SMARTS) is 1. The SMILES string of the molecule is O=C(O)c1ccc2nc(NC3CC=CCC3)oc2c1. The molecule has 98 valence electrons. The second kappa shape index (κ2) is 4.76. The Balaban J connectivity index is 1.84. The second-order valence-electron chi connectivity index (χ2n) is 4.63. The van der Waals surface area contributed by atoms with E-state index in [-0.39, 0.29) is 5.56 Å². The number of carboxylic acids is 1. The number of carbonyl (C=O) groups is 1. The number of hydrogen-bond donors (Lipinski definition) is 2. The number of fused-ring (bicyclic) bond motifs is 1. The second-order valence-corrected chi connectivity index (χ2v) is 4.63. The van der Waals surface area contributed by atoms with Crippen LogP contribution < -0.4 is 5.32 Å². The van der Waals surface area contributed by atoms with Gasteiger partial charge in [0, 0.05) is 6.04 Å². The van der Waals surface area contributed by atoms with Crippen LogP contribution in [0.15, 0.2) is 34.8 Å². The predicted molar refractivity (Wildman–Crippen MR) is 71.4 cm³/mol. The number of aromatic carboxylic acids is 1. The van der Waals surface area contributed by atoms with Gasteiger partial charge in [-0.15, -0.1) is 0 Å². The van der Waals surface area contributed by atoms with E-state index in [4.69, 9.17) is 9.52 Å². The van der Waals surface area contributed by atoms with Gasteiger partial charge in [0.2, 0.25) is 0 Å². The zero-order chi connectivity index (χ0) is 13.2. The molecule has 19 heavy (non-hydrogen) atoms. The lowest BCUT2D eigenvalue weighted by Crippen LogP contribution is -2.20. The summed E-state index contributed by atoms with van der Waals surface area (Å²) in [7, 11) is 0. The summed E-state index contributed by atoms with van der Waals surface area (Å²) in [4.78, 5) is 15.2. The highest BCUT2D eigenvalue weighted by molar-refractivity contribution is 5.92. The highest BCUT2D eigenvalue weighted by Gasteiger charge is 2.14. The molecule has 0 fully saturated rings. The van der Waals surface area contributed by atoms with E-state index in [0.29, 0.717) is 23.2 Å². The molecule has 0 saturated carbocycles. The van der Waals surface area contributed by atoms with Crippen molar-refractivity contribution in [2.45, 2.75) is 25.3 Å². The van der Waals surface area contributed by atoms with Crippen molar-refractivity contribution in [3.8, 4) is 0 Å². The van der Waals surface area contributed by atoms with Crippen LogP contribution in [0.5, 0.6) is 0 Å². The van der Waals surface area contributed by atoms with Crippen LogP contribution in [0.1, 0.15) is 29.6 Å². The van der Waals surface area contributed by atoms with E-state index in [9.17, 15) is 4.79 Å². The third-order valence-corrected chi connectivity index (χ3v) is 3.23. The maximum absolute atomic E-state index is 10.9. The number of hydrogen-bond acceptors (Lipinski definition) is 4. The molecule has 0 spiro atoms. The summed E-state index contributed by atoms with van der Waals surface area (Å²) < 4.78 is 5.55. The molecule has 5 heteroatoms. The van der Waals surface area contributed by atoms with E-state index in [1.54, 1.807) is 6.07 Å². The highest BCUT2D eigenvalue weighted by atomic mass is 16.4. The Morgan fingerprint density at radius 3 is 3.05 bits per heavy atom. The lowest BCUT2D eigenvalue weighted by atomic mass is 10.0. The molecule has 1 unspecified atom stereocenters. The van der Waals surface area contributed by atoms with Crippen molar-refractivity contribution in [3.05, 3.63) is 35.9 Å². The van der Waals surface area contributed by atoms with Crippen molar-refractivity contribution in [1.29, 1.82) is 0 Å². The smallest absolute Gasteiger partial charge is 0.335 e. The third-order valence-electron chi connectivity index (χ3n) is 3.23. The molecule has 0 saturated heterocycles. The molecular weight excluding hydrogens is 244 g/mol. The van der Waals surface area contributed by atoms with Gasteiger partial charge in [0.05, 0.1) is 5.56 Å². The summed E-state index contributed by atoms with van der Waals surface area (Å²) in [6, 6.07) is 5.47.